The maximum atomic E-state index is 11.3. The fourth-order valence-corrected chi connectivity index (χ4v) is 2.82. The van der Waals surface area contributed by atoms with Crippen LogP contribution in [0.25, 0.3) is 0 Å². The highest BCUT2D eigenvalue weighted by Crippen LogP contribution is 2.20. The molecule has 60 valence electrons. The monoisotopic (exact) mass is 204 g/mol. The summed E-state index contributed by atoms with van der Waals surface area (Å²) in [4.78, 5) is 12.1. The van der Waals surface area contributed by atoms with Gasteiger partial charge >= 0.3 is 0 Å². The number of carbonyl (C=O) groups excluding carboxylic acids is 1. The second-order valence-electron chi connectivity index (χ2n) is 2.47. The molecule has 0 fully saturated rings. The molecule has 0 aromatic carbocycles. The van der Waals surface area contributed by atoms with Gasteiger partial charge in [-0.05, 0) is 0 Å². The Bertz CT molecular complexity index is 307. The fraction of sp³-hybridized carbons (Fsp3) is 0.429. The number of rotatable bonds is 2. The first-order valence-electron chi connectivity index (χ1n) is 3.24. The summed E-state index contributed by atoms with van der Waals surface area (Å²) in [5, 5.41) is 1.84. The Hall–Kier alpha value is -0.0600. The summed E-state index contributed by atoms with van der Waals surface area (Å²) in [6.45, 7) is 3.80. The number of hydrogen-bond acceptors (Lipinski definition) is 4. The van der Waals surface area contributed by atoms with Crippen LogP contribution < -0.4 is 0 Å². The van der Waals surface area contributed by atoms with Crippen molar-refractivity contribution in [2.75, 3.05) is 0 Å². The minimum Gasteiger partial charge on any atom is -0.293 e. The normalized spacial score (nSPS) is 10.5. The summed E-state index contributed by atoms with van der Waals surface area (Å²) in [6.07, 6.45) is 0. The lowest BCUT2D eigenvalue weighted by Crippen LogP contribution is -2.04. The van der Waals surface area contributed by atoms with Crippen molar-refractivity contribution in [2.45, 2.75) is 13.8 Å². The molecule has 0 aliphatic heterocycles. The summed E-state index contributed by atoms with van der Waals surface area (Å²) < 4.78 is 0.828. The molecular weight excluding hydrogens is 196 g/mol. The van der Waals surface area contributed by atoms with E-state index in [9.17, 15) is 4.79 Å². The van der Waals surface area contributed by atoms with Crippen LogP contribution in [-0.2, 0) is 0 Å². The van der Waals surface area contributed by atoms with E-state index in [4.69, 9.17) is 12.2 Å². The van der Waals surface area contributed by atoms with E-state index in [1.54, 1.807) is 0 Å². The minimum atomic E-state index is 0.0789. The summed E-state index contributed by atoms with van der Waals surface area (Å²) in [7, 11) is 0. The predicted molar refractivity (Wildman–Crippen MR) is 52.2 cm³/mol. The molecule has 0 aliphatic carbocycles. The maximum absolute atomic E-state index is 11.3. The lowest BCUT2D eigenvalue weighted by Gasteiger charge is -1.97. The smallest absolute Gasteiger partial charge is 0.176 e. The van der Waals surface area contributed by atoms with Gasteiger partial charge in [0.05, 0.1) is 4.88 Å². The van der Waals surface area contributed by atoms with Crippen LogP contribution in [-0.4, -0.2) is 5.78 Å². The molecule has 1 nitrogen and oxygen atoms in total. The molecule has 4 heteroatoms. The van der Waals surface area contributed by atoms with E-state index in [0.717, 1.165) is 8.01 Å². The van der Waals surface area contributed by atoms with Crippen LogP contribution in [0.1, 0.15) is 23.5 Å². The van der Waals surface area contributed by atoms with Gasteiger partial charge in [0.2, 0.25) is 0 Å². The first-order chi connectivity index (χ1) is 5.11. The van der Waals surface area contributed by atoms with Gasteiger partial charge in [-0.1, -0.05) is 26.1 Å². The van der Waals surface area contributed by atoms with Gasteiger partial charge in [0.25, 0.3) is 0 Å². The van der Waals surface area contributed by atoms with Gasteiger partial charge in [0.15, 0.2) is 5.78 Å². The third kappa shape index (κ3) is 2.18. The van der Waals surface area contributed by atoms with Crippen LogP contribution >= 0.6 is 34.9 Å². The molecule has 0 amide bonds. The molecule has 0 saturated heterocycles. The van der Waals surface area contributed by atoms with Gasteiger partial charge in [-0.3, -0.25) is 4.79 Å². The first kappa shape index (κ1) is 9.03. The standard InChI is InChI=1S/C7H8OS3/c1-4(2)6(8)5-3-10-7(9)11-5/h3-4H,1-2H3. The van der Waals surface area contributed by atoms with E-state index in [2.05, 4.69) is 0 Å². The van der Waals surface area contributed by atoms with Gasteiger partial charge in [0.1, 0.15) is 3.14 Å². The average molecular weight is 204 g/mol. The van der Waals surface area contributed by atoms with Crippen LogP contribution in [0.4, 0.5) is 0 Å². The van der Waals surface area contributed by atoms with Crippen molar-refractivity contribution in [2.24, 2.45) is 5.92 Å². The topological polar surface area (TPSA) is 17.1 Å². The van der Waals surface area contributed by atoms with Crippen molar-refractivity contribution in [3.05, 3.63) is 13.4 Å². The van der Waals surface area contributed by atoms with Crippen LogP contribution in [0.3, 0.4) is 0 Å². The highest BCUT2D eigenvalue weighted by molar-refractivity contribution is 7.76. The molecule has 0 bridgehead atoms. The van der Waals surface area contributed by atoms with Crippen LogP contribution in [0.15, 0.2) is 5.38 Å². The average Bonchev–Trinajstić information content (AvgIpc) is 2.34. The fourth-order valence-electron chi connectivity index (χ4n) is 0.632. The highest BCUT2D eigenvalue weighted by atomic mass is 32.2. The summed E-state index contributed by atoms with van der Waals surface area (Å²) >= 11 is 7.79. The van der Waals surface area contributed by atoms with Gasteiger partial charge in [0, 0.05) is 11.3 Å². The zero-order chi connectivity index (χ0) is 8.43. The molecule has 0 radical (unpaired) electrons. The molecule has 1 aromatic heterocycles. The highest BCUT2D eigenvalue weighted by Gasteiger charge is 2.11. The van der Waals surface area contributed by atoms with Gasteiger partial charge < -0.3 is 0 Å². The Morgan fingerprint density at radius 1 is 1.64 bits per heavy atom. The third-order valence-electron chi connectivity index (χ3n) is 1.22. The first-order valence-corrected chi connectivity index (χ1v) is 5.34. The van der Waals surface area contributed by atoms with E-state index in [1.165, 1.54) is 22.7 Å². The third-order valence-corrected chi connectivity index (χ3v) is 3.70. The van der Waals surface area contributed by atoms with Crippen molar-refractivity contribution >= 4 is 40.7 Å². The van der Waals surface area contributed by atoms with Gasteiger partial charge in [-0.25, -0.2) is 0 Å². The Morgan fingerprint density at radius 2 is 2.27 bits per heavy atom. The quantitative estimate of drug-likeness (QED) is 0.542. The number of Topliss-reactive ketones (excluding diaryl/α,β-unsaturated/α-hetero) is 1. The predicted octanol–water partition coefficient (Wildman–Crippen LogP) is 3.38. The lowest BCUT2D eigenvalue weighted by atomic mass is 10.1. The van der Waals surface area contributed by atoms with E-state index in [-0.39, 0.29) is 11.7 Å². The van der Waals surface area contributed by atoms with E-state index in [0.29, 0.717) is 0 Å². The minimum absolute atomic E-state index is 0.0789. The lowest BCUT2D eigenvalue weighted by molar-refractivity contribution is 0.0943. The number of hydrogen-bond donors (Lipinski definition) is 0. The van der Waals surface area contributed by atoms with Crippen LogP contribution in [0, 0.1) is 9.06 Å². The summed E-state index contributed by atoms with van der Waals surface area (Å²) in [5.41, 5.74) is 0. The van der Waals surface area contributed by atoms with Gasteiger partial charge in [-0.15, -0.1) is 22.7 Å². The second-order valence-corrected chi connectivity index (χ2v) is 5.59. The zero-order valence-corrected chi connectivity index (χ0v) is 8.74. The molecule has 1 heterocycles. The maximum Gasteiger partial charge on any atom is 0.176 e. The Kier molecular flexibility index (Phi) is 2.92. The molecule has 0 saturated carbocycles. The zero-order valence-electron chi connectivity index (χ0n) is 6.29. The van der Waals surface area contributed by atoms with Crippen molar-refractivity contribution < 1.29 is 4.79 Å². The molecule has 0 unspecified atom stereocenters. The van der Waals surface area contributed by atoms with Crippen molar-refractivity contribution in [3.8, 4) is 0 Å². The molecule has 0 aliphatic rings. The van der Waals surface area contributed by atoms with Crippen LogP contribution in [0.5, 0.6) is 0 Å². The van der Waals surface area contributed by atoms with Crippen molar-refractivity contribution in [1.29, 1.82) is 0 Å². The Morgan fingerprint density at radius 3 is 2.64 bits per heavy atom. The molecule has 0 N–H and O–H groups in total. The van der Waals surface area contributed by atoms with Crippen molar-refractivity contribution in [3.63, 3.8) is 0 Å². The van der Waals surface area contributed by atoms with E-state index >= 15 is 0 Å². The number of ketones is 1. The number of carbonyl (C=O) groups is 1. The largest absolute Gasteiger partial charge is 0.293 e. The SMILES string of the molecule is CC(C)C(=O)c1csc(=S)s1. The molecule has 0 spiro atoms. The summed E-state index contributed by atoms with van der Waals surface area (Å²) in [6, 6.07) is 0. The van der Waals surface area contributed by atoms with Crippen molar-refractivity contribution in [1.82, 2.24) is 0 Å². The molecule has 11 heavy (non-hydrogen) atoms. The molecule has 1 aromatic rings. The molecular formula is C7H8OS3. The van der Waals surface area contributed by atoms with E-state index < -0.39 is 0 Å². The van der Waals surface area contributed by atoms with Crippen LogP contribution in [0.2, 0.25) is 0 Å². The second kappa shape index (κ2) is 3.56. The summed E-state index contributed by atoms with van der Waals surface area (Å²) in [5.74, 6) is 0.276. The van der Waals surface area contributed by atoms with Gasteiger partial charge in [-0.2, -0.15) is 0 Å². The molecule has 1 rings (SSSR count). The van der Waals surface area contributed by atoms with E-state index in [1.807, 2.05) is 19.2 Å². The Labute approximate surface area is 78.7 Å². The Balaban J connectivity index is 2.94. The molecule has 0 atom stereocenters.